The van der Waals surface area contributed by atoms with E-state index in [1.807, 2.05) is 12.1 Å². The SMILES string of the molecule is CCCCCC(Cl)c1cc(Cl)cc(Br)c1OC. The Hall–Kier alpha value is 0.0800. The molecule has 0 aliphatic carbocycles. The Bertz CT molecular complexity index is 369. The summed E-state index contributed by atoms with van der Waals surface area (Å²) < 4.78 is 6.22. The van der Waals surface area contributed by atoms with E-state index in [0.717, 1.165) is 28.6 Å². The summed E-state index contributed by atoms with van der Waals surface area (Å²) in [5.74, 6) is 0.783. The second-order valence-electron chi connectivity index (χ2n) is 3.97. The van der Waals surface area contributed by atoms with Gasteiger partial charge in [0.05, 0.1) is 17.0 Å². The number of ether oxygens (including phenoxy) is 1. The molecule has 0 aromatic heterocycles. The molecule has 0 aliphatic heterocycles. The highest BCUT2D eigenvalue weighted by Gasteiger charge is 2.16. The number of halogens is 3. The maximum atomic E-state index is 6.41. The fourth-order valence-corrected chi connectivity index (χ4v) is 3.07. The number of hydrogen-bond acceptors (Lipinski definition) is 1. The standard InChI is InChI=1S/C13H17BrCl2O/c1-3-4-5-6-12(16)10-7-9(15)8-11(14)13(10)17-2/h7-8,12H,3-6H2,1-2H3. The third-order valence-corrected chi connectivity index (χ3v) is 3.90. The molecule has 0 amide bonds. The van der Waals surface area contributed by atoms with E-state index in [1.54, 1.807) is 7.11 Å². The van der Waals surface area contributed by atoms with E-state index >= 15 is 0 Å². The van der Waals surface area contributed by atoms with E-state index in [4.69, 9.17) is 27.9 Å². The lowest BCUT2D eigenvalue weighted by molar-refractivity contribution is 0.405. The summed E-state index contributed by atoms with van der Waals surface area (Å²) in [5, 5.41) is 0.625. The van der Waals surface area contributed by atoms with Crippen LogP contribution in [-0.2, 0) is 0 Å². The van der Waals surface area contributed by atoms with Gasteiger partial charge in [-0.1, -0.05) is 37.8 Å². The van der Waals surface area contributed by atoms with Gasteiger partial charge in [-0.3, -0.25) is 0 Å². The van der Waals surface area contributed by atoms with Crippen molar-refractivity contribution >= 4 is 39.1 Å². The minimum absolute atomic E-state index is 0.0495. The maximum absolute atomic E-state index is 6.41. The molecule has 1 unspecified atom stereocenters. The van der Waals surface area contributed by atoms with Crippen LogP contribution in [0.1, 0.15) is 43.5 Å². The van der Waals surface area contributed by atoms with Crippen LogP contribution in [0.25, 0.3) is 0 Å². The Morgan fingerprint density at radius 2 is 2.06 bits per heavy atom. The Labute approximate surface area is 122 Å². The van der Waals surface area contributed by atoms with E-state index < -0.39 is 0 Å². The molecule has 96 valence electrons. The zero-order chi connectivity index (χ0) is 12.8. The quantitative estimate of drug-likeness (QED) is 0.458. The first kappa shape index (κ1) is 15.1. The third-order valence-electron chi connectivity index (χ3n) is 2.64. The minimum atomic E-state index is -0.0495. The molecule has 0 heterocycles. The number of benzene rings is 1. The van der Waals surface area contributed by atoms with Gasteiger partial charge in [-0.25, -0.2) is 0 Å². The number of methoxy groups -OCH3 is 1. The largest absolute Gasteiger partial charge is 0.495 e. The van der Waals surface area contributed by atoms with Crippen LogP contribution in [0.15, 0.2) is 16.6 Å². The second-order valence-corrected chi connectivity index (χ2v) is 5.79. The molecular weight excluding hydrogens is 323 g/mol. The van der Waals surface area contributed by atoms with Crippen molar-refractivity contribution in [3.8, 4) is 5.75 Å². The predicted molar refractivity (Wildman–Crippen MR) is 78.4 cm³/mol. The average Bonchev–Trinajstić information content (AvgIpc) is 2.28. The molecule has 1 aromatic rings. The highest BCUT2D eigenvalue weighted by molar-refractivity contribution is 9.10. The summed E-state index contributed by atoms with van der Waals surface area (Å²) in [5.41, 5.74) is 0.963. The highest BCUT2D eigenvalue weighted by atomic mass is 79.9. The molecule has 0 bridgehead atoms. The van der Waals surface area contributed by atoms with Crippen LogP contribution in [-0.4, -0.2) is 7.11 Å². The van der Waals surface area contributed by atoms with Gasteiger partial charge >= 0.3 is 0 Å². The van der Waals surface area contributed by atoms with Crippen molar-refractivity contribution in [1.82, 2.24) is 0 Å². The molecule has 1 nitrogen and oxygen atoms in total. The summed E-state index contributed by atoms with van der Waals surface area (Å²) in [4.78, 5) is 0. The molecule has 0 spiro atoms. The van der Waals surface area contributed by atoms with E-state index in [1.165, 1.54) is 12.8 Å². The second kappa shape index (κ2) is 7.50. The molecule has 17 heavy (non-hydrogen) atoms. The molecule has 1 aromatic carbocycles. The molecule has 0 N–H and O–H groups in total. The Kier molecular flexibility index (Phi) is 6.68. The first-order valence-corrected chi connectivity index (χ1v) is 7.37. The van der Waals surface area contributed by atoms with Gasteiger partial charge in [0.1, 0.15) is 5.75 Å². The van der Waals surface area contributed by atoms with Crippen molar-refractivity contribution in [2.45, 2.75) is 38.0 Å². The molecular formula is C13H17BrCl2O. The summed E-state index contributed by atoms with van der Waals surface area (Å²) in [6.45, 7) is 2.18. The third kappa shape index (κ3) is 4.35. The van der Waals surface area contributed by atoms with Gasteiger partial charge in [0.15, 0.2) is 0 Å². The van der Waals surface area contributed by atoms with Gasteiger partial charge in [0, 0.05) is 10.6 Å². The number of rotatable bonds is 6. The van der Waals surface area contributed by atoms with Crippen LogP contribution in [0.3, 0.4) is 0 Å². The van der Waals surface area contributed by atoms with Crippen molar-refractivity contribution < 1.29 is 4.74 Å². The minimum Gasteiger partial charge on any atom is -0.495 e. The van der Waals surface area contributed by atoms with E-state index in [9.17, 15) is 0 Å². The van der Waals surface area contributed by atoms with Gasteiger partial charge in [-0.15, -0.1) is 11.6 Å². The zero-order valence-electron chi connectivity index (χ0n) is 10.1. The number of alkyl halides is 1. The van der Waals surface area contributed by atoms with Crippen LogP contribution < -0.4 is 4.74 Å². The molecule has 1 rings (SSSR count). The van der Waals surface area contributed by atoms with Crippen molar-refractivity contribution in [2.75, 3.05) is 7.11 Å². The van der Waals surface area contributed by atoms with E-state index in [-0.39, 0.29) is 5.38 Å². The van der Waals surface area contributed by atoms with Crippen LogP contribution in [0, 0.1) is 0 Å². The predicted octanol–water partition coefficient (Wildman–Crippen LogP) is 5.97. The van der Waals surface area contributed by atoms with Gasteiger partial charge in [0.25, 0.3) is 0 Å². The van der Waals surface area contributed by atoms with E-state index in [0.29, 0.717) is 5.02 Å². The van der Waals surface area contributed by atoms with Gasteiger partial charge in [-0.05, 0) is 34.5 Å². The lowest BCUT2D eigenvalue weighted by Crippen LogP contribution is -1.97. The number of hydrogen-bond donors (Lipinski definition) is 0. The molecule has 1 atom stereocenters. The fourth-order valence-electron chi connectivity index (χ4n) is 1.76. The van der Waals surface area contributed by atoms with E-state index in [2.05, 4.69) is 22.9 Å². The normalized spacial score (nSPS) is 12.5. The lowest BCUT2D eigenvalue weighted by atomic mass is 10.0. The summed E-state index contributed by atoms with van der Waals surface area (Å²) in [6.07, 6.45) is 4.46. The smallest absolute Gasteiger partial charge is 0.137 e. The van der Waals surface area contributed by atoms with Crippen LogP contribution in [0.4, 0.5) is 0 Å². The first-order valence-electron chi connectivity index (χ1n) is 5.77. The highest BCUT2D eigenvalue weighted by Crippen LogP contribution is 2.40. The maximum Gasteiger partial charge on any atom is 0.137 e. The van der Waals surface area contributed by atoms with Crippen molar-refractivity contribution in [2.24, 2.45) is 0 Å². The van der Waals surface area contributed by atoms with Gasteiger partial charge < -0.3 is 4.74 Å². The molecule has 0 saturated heterocycles. The molecule has 0 saturated carbocycles. The van der Waals surface area contributed by atoms with Crippen molar-refractivity contribution in [3.05, 3.63) is 27.2 Å². The molecule has 0 radical (unpaired) electrons. The Morgan fingerprint density at radius 3 is 2.65 bits per heavy atom. The molecule has 0 aliphatic rings. The number of unbranched alkanes of at least 4 members (excludes halogenated alkanes) is 2. The summed E-state index contributed by atoms with van der Waals surface area (Å²) >= 11 is 15.9. The van der Waals surface area contributed by atoms with Crippen molar-refractivity contribution in [1.29, 1.82) is 0 Å². The van der Waals surface area contributed by atoms with Crippen molar-refractivity contribution in [3.63, 3.8) is 0 Å². The van der Waals surface area contributed by atoms with Crippen LogP contribution >= 0.6 is 39.1 Å². The van der Waals surface area contributed by atoms with Gasteiger partial charge in [-0.2, -0.15) is 0 Å². The lowest BCUT2D eigenvalue weighted by Gasteiger charge is -2.15. The summed E-state index contributed by atoms with van der Waals surface area (Å²) in [7, 11) is 1.65. The Morgan fingerprint density at radius 1 is 1.35 bits per heavy atom. The Balaban J connectivity index is 2.87. The summed E-state index contributed by atoms with van der Waals surface area (Å²) in [6, 6.07) is 3.70. The first-order chi connectivity index (χ1) is 8.10. The molecule has 0 fully saturated rings. The average molecular weight is 340 g/mol. The van der Waals surface area contributed by atoms with Gasteiger partial charge in [0.2, 0.25) is 0 Å². The molecule has 4 heteroatoms. The monoisotopic (exact) mass is 338 g/mol. The van der Waals surface area contributed by atoms with Crippen LogP contribution in [0.5, 0.6) is 5.75 Å². The topological polar surface area (TPSA) is 9.23 Å². The fraction of sp³-hybridized carbons (Fsp3) is 0.538. The zero-order valence-corrected chi connectivity index (χ0v) is 13.2. The van der Waals surface area contributed by atoms with Crippen LogP contribution in [0.2, 0.25) is 5.02 Å².